The van der Waals surface area contributed by atoms with E-state index in [0.717, 1.165) is 88.2 Å². The number of H-pyrrole nitrogens is 5. The third kappa shape index (κ3) is 18.6. The molecule has 2 aliphatic rings. The molecule has 5 atom stereocenters. The van der Waals surface area contributed by atoms with Crippen LogP contribution in [0.15, 0.2) is 201 Å². The maximum atomic E-state index is 15.7. The molecule has 1 fully saturated rings. The predicted molar refractivity (Wildman–Crippen MR) is 454 cm³/mol. The Bertz CT molecular complexity index is 5880. The normalized spacial score (nSPS) is 13.9. The van der Waals surface area contributed by atoms with Gasteiger partial charge in [-0.1, -0.05) is 169 Å². The highest BCUT2D eigenvalue weighted by Gasteiger charge is 2.36. The molecular weight excluding hydrogens is 1520 g/mol. The quantitative estimate of drug-likeness (QED) is 0.0130. The average Bonchev–Trinajstić information content (AvgIpc) is 1.69. The number of primary amides is 1. The number of nitrogens with zero attached hydrogens (tertiary/aromatic N) is 5. The fourth-order valence-corrected chi connectivity index (χ4v) is 16.9. The van der Waals surface area contributed by atoms with Crippen LogP contribution in [0.1, 0.15) is 78.3 Å². The third-order valence-electron chi connectivity index (χ3n) is 21.7. The standard InChI is InChI=1S/C88H89N17O10S2/c89-83(110)71(42-54-47-91-66-26-11-5-19-59(54)66)97-85(112)73(44-56-49-93-68-28-13-7-21-61(56)68)99-87(114)75(46-58-51-95-70-30-15-9-23-63(58)70)100-86(113)74(45-57-50-94-69-29-14-8-22-62(57)69)98-84(111)72(43-55-48-92-67-27-12-6-20-60(55)67)96-78(107)32-2-1-17-36-90-77(106)33-34-79(108)104-52-53-18-3-4-24-64(53)82-81(65-25-10-16-31-76(65)104)101-102-105(82)37-40-115-39-35-80(109)103-38-41-117-88(103)116/h3-16,18-31,47-51,71-75,91-95H,1-2,17,32-46,52H2,(H2,89,110)(H,90,106)(H,96,107)(H,97,112)(H,98,111)(H,99,114)(H,100,113)/t71-,72-,73-,74-,75-/m0/s1. The van der Waals surface area contributed by atoms with E-state index in [2.05, 4.69) is 67.1 Å². The number of ether oxygens (including phenoxy) is 1. The summed E-state index contributed by atoms with van der Waals surface area (Å²) >= 11 is 6.82. The monoisotopic (exact) mass is 1610 g/mol. The number of hydrogen-bond acceptors (Lipinski definition) is 14. The van der Waals surface area contributed by atoms with Gasteiger partial charge in [0.2, 0.25) is 53.2 Å². The molecular formula is C88H89N17O10S2. The van der Waals surface area contributed by atoms with Gasteiger partial charge in [-0.05, 0) is 82.6 Å². The van der Waals surface area contributed by atoms with Crippen LogP contribution in [0.3, 0.4) is 0 Å². The van der Waals surface area contributed by atoms with Crippen molar-refractivity contribution in [1.29, 1.82) is 0 Å². The molecule has 15 rings (SSSR count). The second-order valence-corrected chi connectivity index (χ2v) is 31.2. The van der Waals surface area contributed by atoms with Gasteiger partial charge < -0.3 is 72.2 Å². The molecule has 0 aliphatic carbocycles. The van der Waals surface area contributed by atoms with E-state index >= 15 is 14.4 Å². The van der Waals surface area contributed by atoms with Crippen molar-refractivity contribution in [3.05, 3.63) is 234 Å². The van der Waals surface area contributed by atoms with Gasteiger partial charge in [-0.25, -0.2) is 4.68 Å². The molecule has 13 aromatic rings. The first-order valence-corrected chi connectivity index (χ1v) is 40.7. The average molecular weight is 1610 g/mol. The van der Waals surface area contributed by atoms with E-state index in [0.29, 0.717) is 70.3 Å². The van der Waals surface area contributed by atoms with E-state index in [1.54, 1.807) is 45.5 Å². The van der Waals surface area contributed by atoms with E-state index < -0.39 is 65.7 Å². The fraction of sp³-hybridized carbons (Fsp3) is 0.273. The minimum absolute atomic E-state index is 0.0150. The molecule has 117 heavy (non-hydrogen) atoms. The highest BCUT2D eigenvalue weighted by atomic mass is 32.2. The Hall–Kier alpha value is -13.0. The zero-order chi connectivity index (χ0) is 80.9. The number of rotatable bonds is 35. The van der Waals surface area contributed by atoms with Gasteiger partial charge in [0.15, 0.2) is 0 Å². The van der Waals surface area contributed by atoms with Crippen molar-refractivity contribution in [2.45, 2.75) is 120 Å². The number of unbranched alkanes of at least 4 members (excludes halogenated alkanes) is 2. The molecule has 7 aromatic carbocycles. The summed E-state index contributed by atoms with van der Waals surface area (Å²) in [7, 11) is 0. The van der Waals surface area contributed by atoms with Crippen molar-refractivity contribution >= 4 is 142 Å². The number of amides is 9. The van der Waals surface area contributed by atoms with Crippen LogP contribution < -0.4 is 42.5 Å². The molecule has 9 amide bonds. The summed E-state index contributed by atoms with van der Waals surface area (Å²) in [4.78, 5) is 150. The van der Waals surface area contributed by atoms with Crippen LogP contribution in [-0.4, -0.2) is 165 Å². The van der Waals surface area contributed by atoms with Crippen molar-refractivity contribution in [2.75, 3.05) is 37.0 Å². The number of thiocarbonyl (C=S) groups is 1. The van der Waals surface area contributed by atoms with Gasteiger partial charge in [0.05, 0.1) is 44.1 Å². The first kappa shape index (κ1) is 79.2. The van der Waals surface area contributed by atoms with Gasteiger partial charge in [0.25, 0.3) is 0 Å². The molecule has 0 unspecified atom stereocenters. The molecule has 2 aliphatic heterocycles. The number of anilines is 1. The van der Waals surface area contributed by atoms with Gasteiger partial charge in [-0.3, -0.25) is 48.1 Å². The number of hydrogen-bond donors (Lipinski definition) is 12. The predicted octanol–water partition coefficient (Wildman–Crippen LogP) is 9.71. The van der Waals surface area contributed by atoms with E-state index in [1.165, 1.54) is 11.8 Å². The molecule has 8 heterocycles. The van der Waals surface area contributed by atoms with Crippen LogP contribution in [0.5, 0.6) is 0 Å². The zero-order valence-corrected chi connectivity index (χ0v) is 65.7. The van der Waals surface area contributed by atoms with E-state index in [1.807, 2.05) is 170 Å². The molecule has 13 N–H and O–H groups in total. The van der Waals surface area contributed by atoms with Crippen molar-refractivity contribution in [2.24, 2.45) is 5.73 Å². The lowest BCUT2D eigenvalue weighted by molar-refractivity contribution is -0.135. The summed E-state index contributed by atoms with van der Waals surface area (Å²) in [6.07, 6.45) is 10.2. The van der Waals surface area contributed by atoms with Gasteiger partial charge in [-0.15, -0.1) is 5.10 Å². The molecule has 0 bridgehead atoms. The number of carbonyl (C=O) groups excluding carboxylic acids is 9. The van der Waals surface area contributed by atoms with Crippen molar-refractivity contribution in [3.63, 3.8) is 0 Å². The van der Waals surface area contributed by atoms with E-state index in [-0.39, 0.29) is 102 Å². The summed E-state index contributed by atoms with van der Waals surface area (Å²) in [5, 5.41) is 31.1. The van der Waals surface area contributed by atoms with Crippen LogP contribution in [0.4, 0.5) is 5.69 Å². The van der Waals surface area contributed by atoms with Crippen LogP contribution in [0.2, 0.25) is 0 Å². The smallest absolute Gasteiger partial charge is 0.243 e. The second-order valence-electron chi connectivity index (χ2n) is 29.4. The number of aromatic amines is 5. The molecule has 0 radical (unpaired) electrons. The van der Waals surface area contributed by atoms with Gasteiger partial charge in [0.1, 0.15) is 40.2 Å². The summed E-state index contributed by atoms with van der Waals surface area (Å²) in [6.45, 7) is 1.97. The summed E-state index contributed by atoms with van der Waals surface area (Å²) in [5.74, 6) is -3.93. The molecule has 598 valence electrons. The molecule has 6 aromatic heterocycles. The van der Waals surface area contributed by atoms with Crippen LogP contribution in [0, 0.1) is 0 Å². The number of benzene rings is 7. The lowest BCUT2D eigenvalue weighted by Gasteiger charge is -2.28. The molecule has 0 spiro atoms. The number of thioether (sulfide) groups is 1. The summed E-state index contributed by atoms with van der Waals surface area (Å²) in [5.41, 5.74) is 17.9. The molecule has 1 saturated heterocycles. The van der Waals surface area contributed by atoms with Gasteiger partial charge >= 0.3 is 0 Å². The number of aromatic nitrogens is 8. The molecule has 27 nitrogen and oxygen atoms in total. The first-order chi connectivity index (χ1) is 57.0. The van der Waals surface area contributed by atoms with Crippen LogP contribution in [-0.2, 0) is 93.1 Å². The Labute approximate surface area is 682 Å². The number of nitrogens with two attached hydrogens (primary N) is 1. The van der Waals surface area contributed by atoms with Crippen LogP contribution >= 0.6 is 24.0 Å². The topological polar surface area (TPSA) is 377 Å². The molecule has 29 heteroatoms. The van der Waals surface area contributed by atoms with Gasteiger partial charge in [-0.2, -0.15) is 0 Å². The maximum absolute atomic E-state index is 15.7. The van der Waals surface area contributed by atoms with Crippen molar-refractivity contribution in [3.8, 4) is 22.5 Å². The number of fused-ring (bicyclic) bond motifs is 10. The van der Waals surface area contributed by atoms with E-state index in [4.69, 9.17) is 22.7 Å². The SMILES string of the molecule is NC(=O)[C@H](Cc1c[nH]c2ccccc12)NC(=O)[C@H](Cc1c[nH]c2ccccc12)NC(=O)[C@H](Cc1c[nH]c2ccccc12)NC(=O)[C@H](Cc1c[nH]c2ccccc12)NC(=O)[C@H](Cc1c[nH]c2ccccc12)NC(=O)CCCCCNC(=O)CCC(=O)N1Cc2ccccc2-c2c(nnn2CCOCCC(=O)N2CCSC2=S)-c2ccccc21. The highest BCUT2D eigenvalue weighted by molar-refractivity contribution is 8.23. The second kappa shape index (κ2) is 36.7. The van der Waals surface area contributed by atoms with E-state index in [9.17, 15) is 28.8 Å². The first-order valence-electron chi connectivity index (χ1n) is 39.3. The summed E-state index contributed by atoms with van der Waals surface area (Å²) < 4.78 is 8.32. The Morgan fingerprint density at radius 3 is 1.36 bits per heavy atom. The fourth-order valence-electron chi connectivity index (χ4n) is 15.6. The van der Waals surface area contributed by atoms with Crippen LogP contribution in [0.25, 0.3) is 77.0 Å². The van der Waals surface area contributed by atoms with Crippen molar-refractivity contribution < 1.29 is 47.9 Å². The summed E-state index contributed by atoms with van der Waals surface area (Å²) in [6, 6.07) is 46.4. The Morgan fingerprint density at radius 1 is 0.453 bits per heavy atom. The van der Waals surface area contributed by atoms with Gasteiger partial charge in [0, 0.05) is 167 Å². The Kier molecular flexibility index (Phi) is 24.8. The Balaban J connectivity index is 0.609. The Morgan fingerprint density at radius 2 is 0.880 bits per heavy atom. The third-order valence-corrected chi connectivity index (χ3v) is 23.2. The zero-order valence-electron chi connectivity index (χ0n) is 64.1. The largest absolute Gasteiger partial charge is 0.379 e. The molecule has 0 saturated carbocycles. The van der Waals surface area contributed by atoms with Crippen molar-refractivity contribution in [1.82, 2.24) is 76.7 Å². The number of para-hydroxylation sites is 6. The lowest BCUT2D eigenvalue weighted by atomic mass is 9.95. The lowest BCUT2D eigenvalue weighted by Crippen LogP contribution is -2.60. The minimum atomic E-state index is -1.40. The maximum Gasteiger partial charge on any atom is 0.243 e. The highest BCUT2D eigenvalue weighted by Crippen LogP contribution is 2.42. The number of carbonyl (C=O) groups is 9. The minimum Gasteiger partial charge on any atom is -0.379 e. The number of nitrogens with one attached hydrogen (secondary N) is 11.